The van der Waals surface area contributed by atoms with Crippen LogP contribution in [-0.4, -0.2) is 43.7 Å². The minimum atomic E-state index is -2.88. The van der Waals surface area contributed by atoms with Gasteiger partial charge >= 0.3 is 5.69 Å². The molecule has 1 aliphatic rings. The number of aliphatic hydroxyl groups excluding tert-OH is 2. The summed E-state index contributed by atoms with van der Waals surface area (Å²) in [5.41, 5.74) is -5.33. The summed E-state index contributed by atoms with van der Waals surface area (Å²) in [5.74, 6) is 0.304. The van der Waals surface area contributed by atoms with Gasteiger partial charge in [0.25, 0.3) is 5.56 Å². The van der Waals surface area contributed by atoms with Crippen molar-refractivity contribution in [1.82, 2.24) is 9.55 Å². The molecule has 2 heterocycles. The van der Waals surface area contributed by atoms with E-state index in [-0.39, 0.29) is 0 Å². The van der Waals surface area contributed by atoms with Gasteiger partial charge in [-0.3, -0.25) is 14.3 Å². The van der Waals surface area contributed by atoms with Crippen molar-refractivity contribution in [1.29, 1.82) is 0 Å². The second kappa shape index (κ2) is 5.07. The topological polar surface area (TPSA) is 105 Å². The van der Waals surface area contributed by atoms with Crippen LogP contribution >= 0.6 is 0 Å². The normalized spacial score (nSPS) is 33.6. The van der Waals surface area contributed by atoms with Crippen LogP contribution in [0.25, 0.3) is 0 Å². The Bertz CT molecular complexity index is 707. The molecular formula is C12H12F2N2O5. The quantitative estimate of drug-likeness (QED) is 0.586. The smallest absolute Gasteiger partial charge is 0.330 e. The summed E-state index contributed by atoms with van der Waals surface area (Å²) >= 11 is 0. The maximum absolute atomic E-state index is 14.7. The van der Waals surface area contributed by atoms with Gasteiger partial charge in [0.1, 0.15) is 12.2 Å². The number of nitrogens with one attached hydrogen (secondary N) is 1. The molecule has 2 rings (SSSR count). The van der Waals surface area contributed by atoms with Crippen molar-refractivity contribution in [3.8, 4) is 12.3 Å². The van der Waals surface area contributed by atoms with Gasteiger partial charge in [-0.25, -0.2) is 9.18 Å². The predicted octanol–water partition coefficient (Wildman–Crippen LogP) is -1.34. The Hall–Kier alpha value is -2.02. The lowest BCUT2D eigenvalue weighted by Gasteiger charge is -2.23. The van der Waals surface area contributed by atoms with Crippen LogP contribution in [0.15, 0.2) is 15.8 Å². The third kappa shape index (κ3) is 2.27. The maximum atomic E-state index is 14.7. The molecule has 1 fully saturated rings. The summed E-state index contributed by atoms with van der Waals surface area (Å²) in [7, 11) is 0. The number of H-pyrrole nitrogens is 1. The predicted molar refractivity (Wildman–Crippen MR) is 65.6 cm³/mol. The van der Waals surface area contributed by atoms with Crippen LogP contribution in [0.4, 0.5) is 8.78 Å². The summed E-state index contributed by atoms with van der Waals surface area (Å²) in [6.07, 6.45) is -1.08. The Morgan fingerprint density at radius 1 is 1.62 bits per heavy atom. The van der Waals surface area contributed by atoms with Gasteiger partial charge in [0.15, 0.2) is 6.23 Å². The van der Waals surface area contributed by atoms with Crippen molar-refractivity contribution in [3.05, 3.63) is 32.9 Å². The average molecular weight is 302 g/mol. The summed E-state index contributed by atoms with van der Waals surface area (Å²) in [4.78, 5) is 24.2. The lowest BCUT2D eigenvalue weighted by Crippen LogP contribution is -2.46. The van der Waals surface area contributed by atoms with E-state index in [1.54, 1.807) is 10.9 Å². The standard InChI is InChI=1S/C12H12F2N2O5/c1-3-12(14)8(18)7(5(2)17)21-10(12)16-4-6(13)9(19)15-11(16)20/h1,4-5,7-8,10,17-18H,2H3,(H,15,19,20)/t5?,7-,8?,10-,12-/m1/s1. The fourth-order valence-corrected chi connectivity index (χ4v) is 2.14. The van der Waals surface area contributed by atoms with Gasteiger partial charge in [-0.2, -0.15) is 4.39 Å². The number of terminal acetylenes is 1. The Morgan fingerprint density at radius 2 is 2.24 bits per heavy atom. The van der Waals surface area contributed by atoms with Crippen LogP contribution in [0.1, 0.15) is 13.2 Å². The number of aliphatic hydroxyl groups is 2. The molecule has 1 aromatic rings. The lowest BCUT2D eigenvalue weighted by molar-refractivity contribution is -0.0805. The molecule has 1 aliphatic heterocycles. The zero-order valence-corrected chi connectivity index (χ0v) is 10.8. The van der Waals surface area contributed by atoms with Crippen molar-refractivity contribution >= 4 is 0 Å². The molecule has 7 nitrogen and oxygen atoms in total. The number of hydrogen-bond donors (Lipinski definition) is 3. The Labute approximate surface area is 116 Å². The highest BCUT2D eigenvalue weighted by atomic mass is 19.1. The van der Waals surface area contributed by atoms with E-state index in [0.29, 0.717) is 10.8 Å². The van der Waals surface area contributed by atoms with Gasteiger partial charge in [-0.15, -0.1) is 6.42 Å². The van der Waals surface area contributed by atoms with Crippen LogP contribution in [0, 0.1) is 18.2 Å². The van der Waals surface area contributed by atoms with Crippen molar-refractivity contribution < 1.29 is 23.7 Å². The first-order valence-electron chi connectivity index (χ1n) is 5.91. The number of halogens is 2. The van der Waals surface area contributed by atoms with Crippen LogP contribution < -0.4 is 11.2 Å². The minimum absolute atomic E-state index is 0.391. The van der Waals surface area contributed by atoms with E-state index in [0.717, 1.165) is 0 Å². The molecule has 5 atom stereocenters. The Kier molecular flexibility index (Phi) is 3.71. The summed E-state index contributed by atoms with van der Waals surface area (Å²) in [5, 5.41) is 19.3. The monoisotopic (exact) mass is 302 g/mol. The fraction of sp³-hybridized carbons (Fsp3) is 0.500. The highest BCUT2D eigenvalue weighted by Gasteiger charge is 2.59. The largest absolute Gasteiger partial charge is 0.391 e. The van der Waals surface area contributed by atoms with Crippen molar-refractivity contribution in [2.24, 2.45) is 0 Å². The van der Waals surface area contributed by atoms with Crippen LogP contribution in [0.3, 0.4) is 0 Å². The third-order valence-corrected chi connectivity index (χ3v) is 3.26. The molecule has 0 amide bonds. The number of hydrogen-bond acceptors (Lipinski definition) is 5. The lowest BCUT2D eigenvalue weighted by atomic mass is 9.95. The van der Waals surface area contributed by atoms with E-state index in [1.807, 2.05) is 0 Å². The number of aromatic nitrogens is 2. The molecule has 0 spiro atoms. The number of alkyl halides is 1. The van der Waals surface area contributed by atoms with Crippen LogP contribution in [0.2, 0.25) is 0 Å². The number of aromatic amines is 1. The van der Waals surface area contributed by atoms with Crippen molar-refractivity contribution in [2.75, 3.05) is 0 Å². The zero-order valence-electron chi connectivity index (χ0n) is 10.8. The number of nitrogens with zero attached hydrogens (tertiary/aromatic N) is 1. The second-order valence-corrected chi connectivity index (χ2v) is 4.69. The molecule has 3 N–H and O–H groups in total. The Morgan fingerprint density at radius 3 is 2.76 bits per heavy atom. The number of ether oxygens (including phenoxy) is 1. The third-order valence-electron chi connectivity index (χ3n) is 3.26. The maximum Gasteiger partial charge on any atom is 0.330 e. The van der Waals surface area contributed by atoms with Crippen molar-refractivity contribution in [2.45, 2.75) is 37.1 Å². The van der Waals surface area contributed by atoms with E-state index in [9.17, 15) is 28.6 Å². The molecule has 9 heteroatoms. The summed E-state index contributed by atoms with van der Waals surface area (Å²) < 4.78 is 33.4. The molecule has 2 unspecified atom stereocenters. The van der Waals surface area contributed by atoms with E-state index in [2.05, 4.69) is 0 Å². The van der Waals surface area contributed by atoms with E-state index in [1.165, 1.54) is 6.92 Å². The molecule has 114 valence electrons. The molecule has 0 radical (unpaired) electrons. The van der Waals surface area contributed by atoms with Gasteiger partial charge in [-0.05, 0) is 6.92 Å². The first-order valence-corrected chi connectivity index (χ1v) is 5.91. The molecule has 1 saturated heterocycles. The Balaban J connectivity index is 2.58. The molecular weight excluding hydrogens is 290 g/mol. The average Bonchev–Trinajstić information content (AvgIpc) is 2.68. The summed E-state index contributed by atoms with van der Waals surface area (Å²) in [6.45, 7) is 1.23. The van der Waals surface area contributed by atoms with Gasteiger partial charge < -0.3 is 14.9 Å². The van der Waals surface area contributed by atoms with E-state index < -0.39 is 47.3 Å². The first-order chi connectivity index (χ1) is 9.72. The van der Waals surface area contributed by atoms with Gasteiger partial charge in [0.2, 0.25) is 11.5 Å². The zero-order chi connectivity index (χ0) is 15.9. The second-order valence-electron chi connectivity index (χ2n) is 4.69. The molecule has 0 aromatic carbocycles. The number of rotatable bonds is 2. The fourth-order valence-electron chi connectivity index (χ4n) is 2.14. The minimum Gasteiger partial charge on any atom is -0.391 e. The highest BCUT2D eigenvalue weighted by molar-refractivity contribution is 5.20. The highest BCUT2D eigenvalue weighted by Crippen LogP contribution is 2.41. The molecule has 21 heavy (non-hydrogen) atoms. The molecule has 0 aliphatic carbocycles. The molecule has 0 bridgehead atoms. The van der Waals surface area contributed by atoms with E-state index >= 15 is 0 Å². The van der Waals surface area contributed by atoms with Crippen molar-refractivity contribution in [3.63, 3.8) is 0 Å². The van der Waals surface area contributed by atoms with Gasteiger partial charge in [-0.1, -0.05) is 5.92 Å². The summed E-state index contributed by atoms with van der Waals surface area (Å²) in [6, 6.07) is 0. The van der Waals surface area contributed by atoms with Gasteiger partial charge in [0, 0.05) is 0 Å². The van der Waals surface area contributed by atoms with Crippen LogP contribution in [0.5, 0.6) is 0 Å². The molecule has 1 aromatic heterocycles. The van der Waals surface area contributed by atoms with E-state index in [4.69, 9.17) is 11.2 Å². The van der Waals surface area contributed by atoms with Crippen LogP contribution in [-0.2, 0) is 4.74 Å². The van der Waals surface area contributed by atoms with Gasteiger partial charge in [0.05, 0.1) is 12.3 Å². The molecule has 0 saturated carbocycles. The first kappa shape index (κ1) is 15.4. The SMILES string of the molecule is C#C[C@@]1(F)C(O)[C@@H](C(C)O)O[C@H]1n1cc(F)c(=O)[nH]c1=O.